The van der Waals surface area contributed by atoms with Gasteiger partial charge in [0.1, 0.15) is 12.2 Å². The fourth-order valence-corrected chi connectivity index (χ4v) is 2.63. The van der Waals surface area contributed by atoms with E-state index in [2.05, 4.69) is 15.5 Å². The summed E-state index contributed by atoms with van der Waals surface area (Å²) in [4.78, 5) is 12.0. The molecule has 1 fully saturated rings. The Labute approximate surface area is 107 Å². The maximum absolute atomic E-state index is 12.0. The van der Waals surface area contributed by atoms with Crippen molar-refractivity contribution in [3.8, 4) is 0 Å². The van der Waals surface area contributed by atoms with Crippen molar-refractivity contribution in [2.75, 3.05) is 13.1 Å². The maximum Gasteiger partial charge on any atom is 0.223 e. The van der Waals surface area contributed by atoms with Gasteiger partial charge in [-0.05, 0) is 32.2 Å². The van der Waals surface area contributed by atoms with Crippen LogP contribution in [0.4, 0.5) is 0 Å². The highest BCUT2D eigenvalue weighted by Gasteiger charge is 2.31. The number of aryl methyl sites for hydroxylation is 1. The number of hydrogen-bond acceptors (Lipinski definition) is 4. The molecule has 6 nitrogen and oxygen atoms in total. The van der Waals surface area contributed by atoms with Crippen LogP contribution in [0.2, 0.25) is 0 Å². The molecular formula is C12H21N5O. The molecule has 0 aliphatic heterocycles. The Bertz CT molecular complexity index is 403. The first kappa shape index (κ1) is 13.0. The molecule has 3 N–H and O–H groups in total. The number of carbonyl (C=O) groups excluding carboxylic acids is 1. The zero-order chi connectivity index (χ0) is 13.0. The van der Waals surface area contributed by atoms with Gasteiger partial charge in [-0.15, -0.1) is 10.2 Å². The quantitative estimate of drug-likeness (QED) is 0.776. The van der Waals surface area contributed by atoms with Crippen molar-refractivity contribution in [2.24, 2.45) is 17.6 Å². The number of carbonyl (C=O) groups is 1. The topological polar surface area (TPSA) is 85.8 Å². The van der Waals surface area contributed by atoms with Crippen molar-refractivity contribution >= 4 is 5.91 Å². The number of hydrogen-bond donors (Lipinski definition) is 2. The second-order valence-electron chi connectivity index (χ2n) is 4.90. The minimum atomic E-state index is 0.108. The average Bonchev–Trinajstić information content (AvgIpc) is 2.98. The molecule has 0 spiro atoms. The third-order valence-electron chi connectivity index (χ3n) is 3.76. The third-order valence-corrected chi connectivity index (χ3v) is 3.76. The number of rotatable bonds is 5. The highest BCUT2D eigenvalue weighted by atomic mass is 16.1. The molecule has 100 valence electrons. The Morgan fingerprint density at radius 3 is 3.11 bits per heavy atom. The molecule has 6 heteroatoms. The van der Waals surface area contributed by atoms with E-state index in [4.69, 9.17) is 5.73 Å². The number of nitrogens with one attached hydrogen (secondary N) is 1. The van der Waals surface area contributed by atoms with Crippen molar-refractivity contribution in [3.05, 3.63) is 12.2 Å². The predicted octanol–water partition coefficient (Wildman–Crippen LogP) is 0.0777. The van der Waals surface area contributed by atoms with E-state index in [-0.39, 0.29) is 11.8 Å². The maximum atomic E-state index is 12.0. The summed E-state index contributed by atoms with van der Waals surface area (Å²) in [6.45, 7) is 3.84. The standard InChI is InChI=1S/C12H21N5O/c1-9-16-15-8-17(9)6-5-14-12(18)11-4-2-3-10(11)7-13/h8,10-11H,2-7,13H2,1H3,(H,14,18)/t10-,11-/m1/s1. The molecular weight excluding hydrogens is 230 g/mol. The summed E-state index contributed by atoms with van der Waals surface area (Å²) >= 11 is 0. The molecule has 2 atom stereocenters. The van der Waals surface area contributed by atoms with Crippen LogP contribution >= 0.6 is 0 Å². The SMILES string of the molecule is Cc1nncn1CCNC(=O)[C@@H]1CCC[C@@H]1CN. The minimum absolute atomic E-state index is 0.108. The van der Waals surface area contributed by atoms with Crippen LogP contribution in [0, 0.1) is 18.8 Å². The van der Waals surface area contributed by atoms with E-state index < -0.39 is 0 Å². The Kier molecular flexibility index (Phi) is 4.30. The van der Waals surface area contributed by atoms with Gasteiger partial charge in [0.15, 0.2) is 0 Å². The Hall–Kier alpha value is -1.43. The lowest BCUT2D eigenvalue weighted by Crippen LogP contribution is -2.36. The van der Waals surface area contributed by atoms with E-state index in [0.717, 1.165) is 25.1 Å². The number of nitrogens with two attached hydrogens (primary N) is 1. The Morgan fingerprint density at radius 1 is 1.61 bits per heavy atom. The van der Waals surface area contributed by atoms with Crippen LogP contribution in [0.3, 0.4) is 0 Å². The molecule has 0 unspecified atom stereocenters. The zero-order valence-corrected chi connectivity index (χ0v) is 10.8. The first-order valence-electron chi connectivity index (χ1n) is 6.54. The van der Waals surface area contributed by atoms with Crippen molar-refractivity contribution in [2.45, 2.75) is 32.7 Å². The lowest BCUT2D eigenvalue weighted by molar-refractivity contribution is -0.125. The Morgan fingerprint density at radius 2 is 2.44 bits per heavy atom. The van der Waals surface area contributed by atoms with Crippen LogP contribution < -0.4 is 11.1 Å². The van der Waals surface area contributed by atoms with Crippen LogP contribution in [0.5, 0.6) is 0 Å². The van der Waals surface area contributed by atoms with E-state index >= 15 is 0 Å². The smallest absolute Gasteiger partial charge is 0.223 e. The Balaban J connectivity index is 1.76. The fraction of sp³-hybridized carbons (Fsp3) is 0.750. The van der Waals surface area contributed by atoms with Gasteiger partial charge in [-0.2, -0.15) is 0 Å². The van der Waals surface area contributed by atoms with Crippen molar-refractivity contribution in [1.82, 2.24) is 20.1 Å². The summed E-state index contributed by atoms with van der Waals surface area (Å²) in [5, 5.41) is 10.7. The van der Waals surface area contributed by atoms with Crippen molar-refractivity contribution in [1.29, 1.82) is 0 Å². The first-order valence-corrected chi connectivity index (χ1v) is 6.54. The second-order valence-corrected chi connectivity index (χ2v) is 4.90. The summed E-state index contributed by atoms with van der Waals surface area (Å²) < 4.78 is 1.93. The van der Waals surface area contributed by atoms with Crippen LogP contribution in [0.25, 0.3) is 0 Å². The molecule has 1 aromatic rings. The summed E-state index contributed by atoms with van der Waals surface area (Å²) in [5.74, 6) is 1.48. The first-order chi connectivity index (χ1) is 8.72. The summed E-state index contributed by atoms with van der Waals surface area (Å²) in [6.07, 6.45) is 4.85. The molecule has 1 saturated carbocycles. The highest BCUT2D eigenvalue weighted by molar-refractivity contribution is 5.79. The van der Waals surface area contributed by atoms with Gasteiger partial charge < -0.3 is 15.6 Å². The van der Waals surface area contributed by atoms with Crippen LogP contribution in [0.1, 0.15) is 25.1 Å². The molecule has 1 aliphatic carbocycles. The lowest BCUT2D eigenvalue weighted by Gasteiger charge is -2.17. The largest absolute Gasteiger partial charge is 0.354 e. The van der Waals surface area contributed by atoms with Gasteiger partial charge in [-0.1, -0.05) is 6.42 Å². The van der Waals surface area contributed by atoms with Gasteiger partial charge in [-0.25, -0.2) is 0 Å². The molecule has 18 heavy (non-hydrogen) atoms. The molecule has 0 aromatic carbocycles. The zero-order valence-electron chi connectivity index (χ0n) is 10.8. The molecule has 2 rings (SSSR count). The third kappa shape index (κ3) is 2.87. The fourth-order valence-electron chi connectivity index (χ4n) is 2.63. The van der Waals surface area contributed by atoms with Gasteiger partial charge >= 0.3 is 0 Å². The van der Waals surface area contributed by atoms with Crippen molar-refractivity contribution < 1.29 is 4.79 Å². The normalized spacial score (nSPS) is 23.2. The van der Waals surface area contributed by atoms with Gasteiger partial charge in [0.2, 0.25) is 5.91 Å². The summed E-state index contributed by atoms with van der Waals surface area (Å²) in [6, 6.07) is 0. The van der Waals surface area contributed by atoms with Crippen LogP contribution in [-0.4, -0.2) is 33.8 Å². The van der Waals surface area contributed by atoms with E-state index in [1.807, 2.05) is 11.5 Å². The van der Waals surface area contributed by atoms with E-state index in [1.165, 1.54) is 0 Å². The predicted molar refractivity (Wildman–Crippen MR) is 67.7 cm³/mol. The molecule has 1 aliphatic rings. The van der Waals surface area contributed by atoms with Gasteiger partial charge in [0.25, 0.3) is 0 Å². The number of nitrogens with zero attached hydrogens (tertiary/aromatic N) is 3. The molecule has 1 aromatic heterocycles. The average molecular weight is 251 g/mol. The summed E-state index contributed by atoms with van der Waals surface area (Å²) in [5.41, 5.74) is 5.69. The molecule has 1 amide bonds. The van der Waals surface area contributed by atoms with E-state index in [1.54, 1.807) is 6.33 Å². The molecule has 0 radical (unpaired) electrons. The van der Waals surface area contributed by atoms with E-state index in [0.29, 0.717) is 25.6 Å². The molecule has 0 saturated heterocycles. The lowest BCUT2D eigenvalue weighted by atomic mass is 9.95. The van der Waals surface area contributed by atoms with E-state index in [9.17, 15) is 4.79 Å². The minimum Gasteiger partial charge on any atom is -0.354 e. The van der Waals surface area contributed by atoms with Crippen molar-refractivity contribution in [3.63, 3.8) is 0 Å². The van der Waals surface area contributed by atoms with Gasteiger partial charge in [0.05, 0.1) is 0 Å². The van der Waals surface area contributed by atoms with Crippen LogP contribution in [0.15, 0.2) is 6.33 Å². The van der Waals surface area contributed by atoms with Crippen LogP contribution in [-0.2, 0) is 11.3 Å². The number of amides is 1. The molecule has 1 heterocycles. The van der Waals surface area contributed by atoms with Gasteiger partial charge in [-0.3, -0.25) is 4.79 Å². The second kappa shape index (κ2) is 5.95. The molecule has 0 bridgehead atoms. The monoisotopic (exact) mass is 251 g/mol. The number of aromatic nitrogens is 3. The highest BCUT2D eigenvalue weighted by Crippen LogP contribution is 2.30. The van der Waals surface area contributed by atoms with Gasteiger partial charge in [0, 0.05) is 19.0 Å². The summed E-state index contributed by atoms with van der Waals surface area (Å²) in [7, 11) is 0.